The van der Waals surface area contributed by atoms with E-state index in [0.29, 0.717) is 16.5 Å². The summed E-state index contributed by atoms with van der Waals surface area (Å²) in [7, 11) is 1.29. The van der Waals surface area contributed by atoms with Crippen molar-refractivity contribution >= 4 is 40.6 Å². The van der Waals surface area contributed by atoms with Crippen molar-refractivity contribution in [3.63, 3.8) is 0 Å². The normalized spacial score (nSPS) is 21.7. The molecule has 0 aliphatic heterocycles. The molecule has 0 heterocycles. The largest absolute Gasteiger partial charge is 0.468 e. The third-order valence-corrected chi connectivity index (χ3v) is 4.15. The summed E-state index contributed by atoms with van der Waals surface area (Å²) in [4.78, 5) is 23.7. The number of carbonyl (C=O) groups is 2. The predicted molar refractivity (Wildman–Crippen MR) is 82.5 cm³/mol. The lowest BCUT2D eigenvalue weighted by atomic mass is 9.82. The number of ketones is 1. The van der Waals surface area contributed by atoms with E-state index in [1.165, 1.54) is 13.2 Å². The van der Waals surface area contributed by atoms with E-state index < -0.39 is 11.9 Å². The summed E-state index contributed by atoms with van der Waals surface area (Å²) in [6, 6.07) is 5.14. The van der Waals surface area contributed by atoms with Gasteiger partial charge >= 0.3 is 5.97 Å². The number of hydrogen-bond acceptors (Lipinski definition) is 4. The van der Waals surface area contributed by atoms with Crippen LogP contribution in [0.25, 0.3) is 0 Å². The Hall–Kier alpha value is -1.52. The number of carbonyl (C=O) groups excluding carboxylic acids is 2. The first-order valence-electron chi connectivity index (χ1n) is 6.46. The highest BCUT2D eigenvalue weighted by molar-refractivity contribution is 6.42. The van der Waals surface area contributed by atoms with E-state index in [2.05, 4.69) is 10.1 Å². The predicted octanol–water partition coefficient (Wildman–Crippen LogP) is 3.69. The van der Waals surface area contributed by atoms with E-state index in [1.54, 1.807) is 18.2 Å². The Morgan fingerprint density at radius 1 is 1.33 bits per heavy atom. The van der Waals surface area contributed by atoms with Crippen LogP contribution in [-0.2, 0) is 14.3 Å². The molecule has 0 saturated heterocycles. The van der Waals surface area contributed by atoms with Crippen molar-refractivity contribution in [2.24, 2.45) is 11.8 Å². The molecule has 0 fully saturated rings. The number of allylic oxidation sites excluding steroid dienone is 2. The number of esters is 1. The maximum atomic E-state index is 12.1. The Kier molecular flexibility index (Phi) is 4.91. The minimum atomic E-state index is -0.727. The Bertz CT molecular complexity index is 613. The second kappa shape index (κ2) is 6.50. The van der Waals surface area contributed by atoms with E-state index in [1.807, 2.05) is 6.92 Å². The molecule has 1 aliphatic carbocycles. The molecule has 1 N–H and O–H groups in total. The summed E-state index contributed by atoms with van der Waals surface area (Å²) in [6.07, 6.45) is 2.02. The third kappa shape index (κ3) is 3.57. The smallest absolute Gasteiger partial charge is 0.316 e. The van der Waals surface area contributed by atoms with Crippen LogP contribution in [-0.4, -0.2) is 18.9 Å². The molecule has 1 aromatic rings. The van der Waals surface area contributed by atoms with Crippen LogP contribution in [0.2, 0.25) is 10.0 Å². The highest BCUT2D eigenvalue weighted by Gasteiger charge is 2.35. The lowest BCUT2D eigenvalue weighted by Gasteiger charge is -2.26. The minimum absolute atomic E-state index is 0.125. The number of hydrogen-bond donors (Lipinski definition) is 1. The van der Waals surface area contributed by atoms with Gasteiger partial charge in [-0.3, -0.25) is 9.59 Å². The third-order valence-electron chi connectivity index (χ3n) is 3.41. The topological polar surface area (TPSA) is 55.4 Å². The van der Waals surface area contributed by atoms with Crippen LogP contribution in [0.4, 0.5) is 5.69 Å². The summed E-state index contributed by atoms with van der Waals surface area (Å²) in [6.45, 7) is 1.85. The second-order valence-electron chi connectivity index (χ2n) is 5.01. The summed E-state index contributed by atoms with van der Waals surface area (Å²) in [5.41, 5.74) is 1.48. The summed E-state index contributed by atoms with van der Waals surface area (Å²) in [5.74, 6) is -1.59. The van der Waals surface area contributed by atoms with Crippen molar-refractivity contribution in [3.05, 3.63) is 40.0 Å². The molecule has 2 atom stereocenters. The number of anilines is 1. The van der Waals surface area contributed by atoms with E-state index in [4.69, 9.17) is 23.2 Å². The van der Waals surface area contributed by atoms with Crippen LogP contribution in [0.3, 0.4) is 0 Å². The molecular weight excluding hydrogens is 313 g/mol. The highest BCUT2D eigenvalue weighted by Crippen LogP contribution is 2.30. The van der Waals surface area contributed by atoms with Crippen molar-refractivity contribution < 1.29 is 14.3 Å². The van der Waals surface area contributed by atoms with Gasteiger partial charge in [0.2, 0.25) is 0 Å². The average Bonchev–Trinajstić information content (AvgIpc) is 2.42. The van der Waals surface area contributed by atoms with Crippen molar-refractivity contribution in [2.75, 3.05) is 12.4 Å². The molecule has 2 rings (SSSR count). The fourth-order valence-electron chi connectivity index (χ4n) is 2.39. The summed E-state index contributed by atoms with van der Waals surface area (Å²) in [5, 5.41) is 4.04. The van der Waals surface area contributed by atoms with Gasteiger partial charge in [-0.25, -0.2) is 0 Å². The number of halogens is 2. The van der Waals surface area contributed by atoms with Crippen molar-refractivity contribution in [2.45, 2.75) is 13.3 Å². The zero-order valence-electron chi connectivity index (χ0n) is 11.7. The molecule has 0 amide bonds. The molecule has 0 bridgehead atoms. The standard InChI is InChI=1S/C15H15Cl2NO3/c1-8-5-10(7-13(19)14(8)15(20)21-2)18-9-3-4-11(16)12(17)6-9/h3-4,6-8,14,18H,5H2,1-2H3/t8-,14+/m1/s1. The zero-order valence-corrected chi connectivity index (χ0v) is 13.2. The number of methoxy groups -OCH3 is 1. The molecule has 112 valence electrons. The van der Waals surface area contributed by atoms with Crippen LogP contribution in [0.5, 0.6) is 0 Å². The van der Waals surface area contributed by atoms with Crippen LogP contribution in [0.1, 0.15) is 13.3 Å². The zero-order chi connectivity index (χ0) is 15.6. The SMILES string of the molecule is COC(=O)[C@@H]1C(=O)C=C(Nc2ccc(Cl)c(Cl)c2)C[C@H]1C. The van der Waals surface area contributed by atoms with E-state index in [0.717, 1.165) is 11.4 Å². The second-order valence-corrected chi connectivity index (χ2v) is 5.82. The fraction of sp³-hybridized carbons (Fsp3) is 0.333. The monoisotopic (exact) mass is 327 g/mol. The lowest BCUT2D eigenvalue weighted by Crippen LogP contribution is -2.34. The van der Waals surface area contributed by atoms with E-state index >= 15 is 0 Å². The Morgan fingerprint density at radius 2 is 2.05 bits per heavy atom. The average molecular weight is 328 g/mol. The minimum Gasteiger partial charge on any atom is -0.468 e. The van der Waals surface area contributed by atoms with Gasteiger partial charge in [-0.15, -0.1) is 0 Å². The van der Waals surface area contributed by atoms with Gasteiger partial charge in [-0.05, 0) is 30.5 Å². The van der Waals surface area contributed by atoms with Gasteiger partial charge in [0.1, 0.15) is 5.92 Å². The van der Waals surface area contributed by atoms with Crippen molar-refractivity contribution in [1.82, 2.24) is 0 Å². The fourth-order valence-corrected chi connectivity index (χ4v) is 2.69. The first-order valence-corrected chi connectivity index (χ1v) is 7.22. The van der Waals surface area contributed by atoms with Crippen molar-refractivity contribution in [3.8, 4) is 0 Å². The first kappa shape index (κ1) is 15.9. The molecule has 1 aliphatic rings. The van der Waals surface area contributed by atoms with Gasteiger partial charge in [0.05, 0.1) is 17.2 Å². The molecule has 0 spiro atoms. The van der Waals surface area contributed by atoms with Crippen LogP contribution in [0, 0.1) is 11.8 Å². The maximum Gasteiger partial charge on any atom is 0.316 e. The first-order chi connectivity index (χ1) is 9.92. The molecule has 4 nitrogen and oxygen atoms in total. The lowest BCUT2D eigenvalue weighted by molar-refractivity contribution is -0.150. The van der Waals surface area contributed by atoms with Gasteiger partial charge in [0.15, 0.2) is 5.78 Å². The molecule has 0 radical (unpaired) electrons. The Balaban J connectivity index is 2.17. The molecule has 6 heteroatoms. The molecule has 0 saturated carbocycles. The quantitative estimate of drug-likeness (QED) is 0.679. The van der Waals surface area contributed by atoms with Gasteiger partial charge in [-0.2, -0.15) is 0 Å². The van der Waals surface area contributed by atoms with Crippen LogP contribution < -0.4 is 5.32 Å². The van der Waals surface area contributed by atoms with Gasteiger partial charge in [-0.1, -0.05) is 30.1 Å². The summed E-state index contributed by atoms with van der Waals surface area (Å²) >= 11 is 11.8. The molecule has 0 unspecified atom stereocenters. The Morgan fingerprint density at radius 3 is 2.62 bits per heavy atom. The van der Waals surface area contributed by atoms with Gasteiger partial charge < -0.3 is 10.1 Å². The number of ether oxygens (including phenoxy) is 1. The highest BCUT2D eigenvalue weighted by atomic mass is 35.5. The number of benzene rings is 1. The maximum absolute atomic E-state index is 12.1. The molecule has 21 heavy (non-hydrogen) atoms. The number of nitrogens with one attached hydrogen (secondary N) is 1. The molecule has 0 aromatic heterocycles. The number of rotatable bonds is 3. The van der Waals surface area contributed by atoms with Gasteiger partial charge in [0.25, 0.3) is 0 Å². The van der Waals surface area contributed by atoms with Gasteiger partial charge in [0, 0.05) is 17.5 Å². The van der Waals surface area contributed by atoms with E-state index in [-0.39, 0.29) is 11.7 Å². The van der Waals surface area contributed by atoms with Crippen LogP contribution in [0.15, 0.2) is 30.0 Å². The van der Waals surface area contributed by atoms with E-state index in [9.17, 15) is 9.59 Å². The summed E-state index contributed by atoms with van der Waals surface area (Å²) < 4.78 is 4.67. The molecule has 1 aromatic carbocycles. The Labute approximate surface area is 133 Å². The molecular formula is C15H15Cl2NO3. The van der Waals surface area contributed by atoms with Crippen LogP contribution >= 0.6 is 23.2 Å². The van der Waals surface area contributed by atoms with Crippen molar-refractivity contribution in [1.29, 1.82) is 0 Å².